The van der Waals surface area contributed by atoms with Gasteiger partial charge in [0.25, 0.3) is 11.8 Å². The molecule has 3 aromatic carbocycles. The summed E-state index contributed by atoms with van der Waals surface area (Å²) < 4.78 is 5.52. The van der Waals surface area contributed by atoms with Crippen molar-refractivity contribution in [3.05, 3.63) is 82.7 Å². The van der Waals surface area contributed by atoms with Crippen molar-refractivity contribution in [2.75, 3.05) is 16.5 Å². The third kappa shape index (κ3) is 4.74. The number of rotatable bonds is 8. The third-order valence-electron chi connectivity index (χ3n) is 7.19. The van der Waals surface area contributed by atoms with Crippen LogP contribution >= 0.6 is 11.6 Å². The lowest BCUT2D eigenvalue weighted by molar-refractivity contribution is -0.120. The van der Waals surface area contributed by atoms with Crippen LogP contribution in [0.4, 0.5) is 11.4 Å². The Morgan fingerprint density at radius 2 is 1.73 bits per heavy atom. The van der Waals surface area contributed by atoms with Crippen molar-refractivity contribution in [3.8, 4) is 11.5 Å². The van der Waals surface area contributed by atoms with Crippen molar-refractivity contribution in [1.29, 1.82) is 0 Å². The van der Waals surface area contributed by atoms with E-state index in [2.05, 4.69) is 20.6 Å². The number of aromatic carboxylic acids is 2. The van der Waals surface area contributed by atoms with E-state index in [9.17, 15) is 39.3 Å². The standard InChI is InChI=1S/C30H21ClN4O9/c31-8-7-14-17(11-19(36)23-21(14)22(29(40)41)24(35-23)30(42)43)34-27(38)18-10-12-9-13(5-6-16(12)33-18)32-28(39)26-25(37)15-3-1-2-4-20(15)44-26/h1-6,9-11,26,33,35-36H,7-8H2,(H,32,39)(H,34,38)(H,40,41)(H,42,43). The fraction of sp³-hybridized carbons (Fsp3) is 0.100. The lowest BCUT2D eigenvalue weighted by Crippen LogP contribution is -2.35. The highest BCUT2D eigenvalue weighted by molar-refractivity contribution is 6.20. The SMILES string of the molecule is O=C(Nc1cc(O)c2[nH]c(C(=O)O)c(C(=O)O)c2c1CCCl)c1cc2cc(NC(=O)C3Oc4ccccc4C3=O)ccc2[nH]1. The number of hydrogen-bond acceptors (Lipinski definition) is 7. The lowest BCUT2D eigenvalue weighted by atomic mass is 9.99. The van der Waals surface area contributed by atoms with E-state index < -0.39 is 52.6 Å². The van der Waals surface area contributed by atoms with E-state index in [0.29, 0.717) is 27.9 Å². The Bertz CT molecular complexity index is 2060. The summed E-state index contributed by atoms with van der Waals surface area (Å²) in [6.45, 7) is 0. The van der Waals surface area contributed by atoms with Crippen LogP contribution in [0.5, 0.6) is 11.5 Å². The van der Waals surface area contributed by atoms with Gasteiger partial charge in [-0.05, 0) is 48.4 Å². The predicted octanol–water partition coefficient (Wildman–Crippen LogP) is 4.37. The molecule has 0 radical (unpaired) electrons. The molecule has 2 aromatic heterocycles. The molecule has 2 amide bonds. The molecular formula is C30H21ClN4O9. The van der Waals surface area contributed by atoms with Gasteiger partial charge in [-0.25, -0.2) is 9.59 Å². The second kappa shape index (κ2) is 10.8. The number of nitrogens with one attached hydrogen (secondary N) is 4. The van der Waals surface area contributed by atoms with Crippen LogP contribution in [0.2, 0.25) is 0 Å². The van der Waals surface area contributed by atoms with E-state index in [0.717, 1.165) is 0 Å². The maximum absolute atomic E-state index is 13.3. The lowest BCUT2D eigenvalue weighted by Gasteiger charge is -2.13. The number of benzene rings is 3. The van der Waals surface area contributed by atoms with Gasteiger partial charge in [0.1, 0.15) is 28.5 Å². The van der Waals surface area contributed by atoms with Gasteiger partial charge in [0.05, 0.1) is 11.1 Å². The summed E-state index contributed by atoms with van der Waals surface area (Å²) in [6, 6.07) is 14.0. The van der Waals surface area contributed by atoms with Gasteiger partial charge < -0.3 is 40.7 Å². The number of carboxylic acids is 2. The van der Waals surface area contributed by atoms with Crippen LogP contribution in [-0.4, -0.2) is 66.8 Å². The number of Topliss-reactive ketones (excluding diaryl/α,β-unsaturated/α-hetero) is 1. The topological polar surface area (TPSA) is 211 Å². The molecule has 6 rings (SSSR count). The number of carboxylic acid groups (broad SMARTS) is 2. The highest BCUT2D eigenvalue weighted by atomic mass is 35.5. The number of hydrogen-bond donors (Lipinski definition) is 7. The molecule has 1 atom stereocenters. The van der Waals surface area contributed by atoms with E-state index in [-0.39, 0.29) is 40.1 Å². The number of aryl methyl sites for hydroxylation is 1. The summed E-state index contributed by atoms with van der Waals surface area (Å²) in [6.07, 6.45) is -1.29. The number of amides is 2. The second-order valence-corrected chi connectivity index (χ2v) is 10.3. The van der Waals surface area contributed by atoms with Crippen LogP contribution in [-0.2, 0) is 11.2 Å². The summed E-state index contributed by atoms with van der Waals surface area (Å²) in [4.78, 5) is 67.8. The number of phenolic OH excluding ortho intramolecular Hbond substituents is 1. The number of aromatic nitrogens is 2. The van der Waals surface area contributed by atoms with Gasteiger partial charge in [-0.1, -0.05) is 12.1 Å². The van der Waals surface area contributed by atoms with Crippen LogP contribution in [0.3, 0.4) is 0 Å². The van der Waals surface area contributed by atoms with Gasteiger partial charge in [-0.3, -0.25) is 14.4 Å². The Balaban J connectivity index is 1.27. The number of ketones is 1. The number of phenols is 1. The molecule has 1 aliphatic rings. The molecule has 14 heteroatoms. The number of fused-ring (bicyclic) bond motifs is 3. The van der Waals surface area contributed by atoms with E-state index in [1.165, 1.54) is 12.1 Å². The fourth-order valence-corrected chi connectivity index (χ4v) is 5.45. The minimum absolute atomic E-state index is 0.000142. The van der Waals surface area contributed by atoms with E-state index in [4.69, 9.17) is 16.3 Å². The number of carbonyl (C=O) groups excluding carboxylic acids is 3. The minimum Gasteiger partial charge on any atom is -0.506 e. The molecule has 0 saturated carbocycles. The molecule has 1 unspecified atom stereocenters. The van der Waals surface area contributed by atoms with Crippen molar-refractivity contribution in [2.24, 2.45) is 0 Å². The third-order valence-corrected chi connectivity index (χ3v) is 7.38. The van der Waals surface area contributed by atoms with E-state index >= 15 is 0 Å². The van der Waals surface area contributed by atoms with Crippen molar-refractivity contribution in [3.63, 3.8) is 0 Å². The zero-order chi connectivity index (χ0) is 31.3. The molecule has 1 aliphatic heterocycles. The molecule has 0 spiro atoms. The highest BCUT2D eigenvalue weighted by Gasteiger charge is 2.37. The predicted molar refractivity (Wildman–Crippen MR) is 158 cm³/mol. The van der Waals surface area contributed by atoms with Gasteiger partial charge in [0.15, 0.2) is 0 Å². The Morgan fingerprint density at radius 3 is 2.43 bits per heavy atom. The normalized spacial score (nSPS) is 13.9. The van der Waals surface area contributed by atoms with Crippen molar-refractivity contribution in [2.45, 2.75) is 12.5 Å². The van der Waals surface area contributed by atoms with Crippen LogP contribution in [0, 0.1) is 0 Å². The van der Waals surface area contributed by atoms with E-state index in [1.54, 1.807) is 42.5 Å². The van der Waals surface area contributed by atoms with Gasteiger partial charge in [0, 0.05) is 39.6 Å². The first-order valence-electron chi connectivity index (χ1n) is 13.0. The molecule has 5 aromatic rings. The average molecular weight is 617 g/mol. The van der Waals surface area contributed by atoms with Crippen LogP contribution < -0.4 is 15.4 Å². The molecule has 3 heterocycles. The van der Waals surface area contributed by atoms with Crippen molar-refractivity contribution in [1.82, 2.24) is 9.97 Å². The van der Waals surface area contributed by atoms with E-state index in [1.807, 2.05) is 0 Å². The zero-order valence-electron chi connectivity index (χ0n) is 22.4. The molecule has 13 nitrogen and oxygen atoms in total. The Kier molecular flexibility index (Phi) is 6.94. The van der Waals surface area contributed by atoms with Crippen molar-refractivity contribution >= 4 is 74.3 Å². The number of ether oxygens (including phenoxy) is 1. The molecule has 7 N–H and O–H groups in total. The Morgan fingerprint density at radius 1 is 0.955 bits per heavy atom. The minimum atomic E-state index is -1.54. The van der Waals surface area contributed by atoms with Gasteiger partial charge in [-0.15, -0.1) is 11.6 Å². The monoisotopic (exact) mass is 616 g/mol. The number of para-hydroxylation sites is 1. The Labute approximate surface area is 251 Å². The number of alkyl halides is 1. The second-order valence-electron chi connectivity index (χ2n) is 9.88. The smallest absolute Gasteiger partial charge is 0.353 e. The quantitative estimate of drug-likeness (QED) is 0.0973. The number of H-pyrrole nitrogens is 2. The number of halogens is 1. The summed E-state index contributed by atoms with van der Waals surface area (Å²) in [7, 11) is 0. The summed E-state index contributed by atoms with van der Waals surface area (Å²) >= 11 is 5.97. The molecule has 222 valence electrons. The maximum atomic E-state index is 13.3. The molecule has 0 saturated heterocycles. The van der Waals surface area contributed by atoms with Gasteiger partial charge in [0.2, 0.25) is 11.9 Å². The number of anilines is 2. The molecule has 44 heavy (non-hydrogen) atoms. The number of carbonyl (C=O) groups is 5. The summed E-state index contributed by atoms with van der Waals surface area (Å²) in [5.41, 5.74) is 0.226. The first-order chi connectivity index (χ1) is 21.1. The molecule has 0 bridgehead atoms. The fourth-order valence-electron chi connectivity index (χ4n) is 5.26. The molecule has 0 fully saturated rings. The van der Waals surface area contributed by atoms with Crippen LogP contribution in [0.1, 0.15) is 47.3 Å². The number of aromatic amines is 2. The Hall–Kier alpha value is -5.82. The summed E-state index contributed by atoms with van der Waals surface area (Å²) in [5, 5.41) is 35.6. The maximum Gasteiger partial charge on any atom is 0.353 e. The first kappa shape index (κ1) is 28.3. The summed E-state index contributed by atoms with van der Waals surface area (Å²) in [5.74, 6) is -5.00. The van der Waals surface area contributed by atoms with Crippen LogP contribution in [0.15, 0.2) is 54.6 Å². The largest absolute Gasteiger partial charge is 0.506 e. The van der Waals surface area contributed by atoms with Gasteiger partial charge >= 0.3 is 11.9 Å². The zero-order valence-corrected chi connectivity index (χ0v) is 23.1. The molecular weight excluding hydrogens is 596 g/mol. The first-order valence-corrected chi connectivity index (χ1v) is 13.6. The van der Waals surface area contributed by atoms with Gasteiger partial charge in [-0.2, -0.15) is 0 Å². The number of aromatic hydroxyl groups is 1. The average Bonchev–Trinajstić information content (AvgIpc) is 3.69. The van der Waals surface area contributed by atoms with Crippen molar-refractivity contribution < 1.29 is 44.0 Å². The molecule has 0 aliphatic carbocycles. The highest BCUT2D eigenvalue weighted by Crippen LogP contribution is 2.38. The van der Waals surface area contributed by atoms with Crippen LogP contribution in [0.25, 0.3) is 21.8 Å².